The van der Waals surface area contributed by atoms with Crippen LogP contribution in [0, 0.1) is 0 Å². The van der Waals surface area contributed by atoms with Crippen LogP contribution in [0.15, 0.2) is 36.7 Å². The summed E-state index contributed by atoms with van der Waals surface area (Å²) >= 11 is 0. The number of benzene rings is 1. The summed E-state index contributed by atoms with van der Waals surface area (Å²) in [7, 11) is 0. The van der Waals surface area contributed by atoms with Gasteiger partial charge < -0.3 is 10.2 Å². The summed E-state index contributed by atoms with van der Waals surface area (Å²) in [5.41, 5.74) is 2.86. The van der Waals surface area contributed by atoms with E-state index in [9.17, 15) is 0 Å². The van der Waals surface area contributed by atoms with E-state index in [-0.39, 0.29) is 0 Å². The molecule has 1 N–H and O–H groups in total. The van der Waals surface area contributed by atoms with Crippen molar-refractivity contribution in [2.45, 2.75) is 39.3 Å². The van der Waals surface area contributed by atoms with Gasteiger partial charge in [0, 0.05) is 25.2 Å². The van der Waals surface area contributed by atoms with Crippen LogP contribution in [-0.2, 0) is 13.0 Å². The van der Waals surface area contributed by atoms with Gasteiger partial charge in [0.05, 0.1) is 0 Å². The summed E-state index contributed by atoms with van der Waals surface area (Å²) in [6.45, 7) is 6.27. The highest BCUT2D eigenvalue weighted by molar-refractivity contribution is 5.50. The van der Waals surface area contributed by atoms with Gasteiger partial charge in [0.25, 0.3) is 0 Å². The lowest BCUT2D eigenvalue weighted by Crippen LogP contribution is -2.31. The lowest BCUT2D eigenvalue weighted by molar-refractivity contribution is 0.717. The molecule has 3 rings (SSSR count). The third kappa shape index (κ3) is 3.15. The van der Waals surface area contributed by atoms with Crippen molar-refractivity contribution in [3.63, 3.8) is 0 Å². The summed E-state index contributed by atoms with van der Waals surface area (Å²) in [4.78, 5) is 11.1. The van der Waals surface area contributed by atoms with Gasteiger partial charge in [-0.1, -0.05) is 31.2 Å². The molecule has 0 radical (unpaired) electrons. The molecule has 0 unspecified atom stereocenters. The van der Waals surface area contributed by atoms with E-state index < -0.39 is 0 Å². The molecule has 1 atom stereocenters. The molecule has 0 saturated heterocycles. The zero-order valence-corrected chi connectivity index (χ0v) is 12.7. The summed E-state index contributed by atoms with van der Waals surface area (Å²) in [6.07, 6.45) is 3.81. The number of rotatable bonds is 4. The molecule has 1 aromatic heterocycles. The average molecular weight is 282 g/mol. The fourth-order valence-electron chi connectivity index (χ4n) is 2.64. The first kappa shape index (κ1) is 13.9. The molecule has 0 saturated carbocycles. The molecular formula is C17H22N4. The van der Waals surface area contributed by atoms with Crippen molar-refractivity contribution in [2.75, 3.05) is 16.8 Å². The molecule has 0 bridgehead atoms. The zero-order chi connectivity index (χ0) is 14.7. The van der Waals surface area contributed by atoms with E-state index in [2.05, 4.69) is 64.4 Å². The van der Waals surface area contributed by atoms with E-state index >= 15 is 0 Å². The minimum Gasteiger partial charge on any atom is -0.367 e. The van der Waals surface area contributed by atoms with Crippen LogP contribution in [0.3, 0.4) is 0 Å². The first-order valence-corrected chi connectivity index (χ1v) is 7.66. The van der Waals surface area contributed by atoms with Crippen molar-refractivity contribution in [1.29, 1.82) is 0 Å². The molecule has 0 amide bonds. The fraction of sp³-hybridized carbons (Fsp3) is 0.412. The number of hydrogen-bond donors (Lipinski definition) is 1. The van der Waals surface area contributed by atoms with Gasteiger partial charge in [0.2, 0.25) is 0 Å². The third-order valence-electron chi connectivity index (χ3n) is 4.11. The minimum atomic E-state index is 0.426. The summed E-state index contributed by atoms with van der Waals surface area (Å²) in [5, 5.41) is 3.41. The van der Waals surface area contributed by atoms with Gasteiger partial charge in [-0.2, -0.15) is 0 Å². The molecule has 0 fully saturated rings. The van der Waals surface area contributed by atoms with E-state index in [1.165, 1.54) is 11.1 Å². The van der Waals surface area contributed by atoms with Crippen LogP contribution in [0.25, 0.3) is 0 Å². The Balaban J connectivity index is 1.77. The van der Waals surface area contributed by atoms with Gasteiger partial charge >= 0.3 is 0 Å². The number of aromatic nitrogens is 2. The van der Waals surface area contributed by atoms with E-state index in [4.69, 9.17) is 0 Å². The van der Waals surface area contributed by atoms with Crippen LogP contribution in [0.1, 0.15) is 31.4 Å². The van der Waals surface area contributed by atoms with Crippen LogP contribution in [0.5, 0.6) is 0 Å². The highest BCUT2D eigenvalue weighted by atomic mass is 15.2. The molecule has 2 aromatic rings. The largest absolute Gasteiger partial charge is 0.367 e. The third-order valence-corrected chi connectivity index (χ3v) is 4.11. The van der Waals surface area contributed by atoms with Crippen molar-refractivity contribution in [2.24, 2.45) is 0 Å². The second kappa shape index (κ2) is 6.12. The fourth-order valence-corrected chi connectivity index (χ4v) is 2.64. The number of fused-ring (bicyclic) bond motifs is 1. The SMILES string of the molecule is CC[C@H](C)Nc1cc(N2CCc3ccccc3C2)ncn1. The predicted molar refractivity (Wildman–Crippen MR) is 86.6 cm³/mol. The van der Waals surface area contributed by atoms with Gasteiger partial charge in [0.1, 0.15) is 18.0 Å². The van der Waals surface area contributed by atoms with Crippen LogP contribution in [0.4, 0.5) is 11.6 Å². The monoisotopic (exact) mass is 282 g/mol. The summed E-state index contributed by atoms with van der Waals surface area (Å²) in [6, 6.07) is 11.1. The number of nitrogens with one attached hydrogen (secondary N) is 1. The molecule has 110 valence electrons. The van der Waals surface area contributed by atoms with Crippen LogP contribution in [0.2, 0.25) is 0 Å². The highest BCUT2D eigenvalue weighted by Gasteiger charge is 2.17. The standard InChI is InChI=1S/C17H22N4/c1-3-13(2)20-16-10-17(19-12-18-16)21-9-8-14-6-4-5-7-15(14)11-21/h4-7,10,12-13H,3,8-9,11H2,1-2H3,(H,18,19,20)/t13-/m0/s1. The molecule has 1 aromatic carbocycles. The first-order valence-electron chi connectivity index (χ1n) is 7.66. The Kier molecular flexibility index (Phi) is 4.04. The maximum absolute atomic E-state index is 4.44. The van der Waals surface area contributed by atoms with Crippen LogP contribution < -0.4 is 10.2 Å². The maximum atomic E-state index is 4.44. The van der Waals surface area contributed by atoms with Crippen molar-refractivity contribution in [1.82, 2.24) is 9.97 Å². The van der Waals surface area contributed by atoms with Gasteiger partial charge in [-0.3, -0.25) is 0 Å². The van der Waals surface area contributed by atoms with E-state index in [1.54, 1.807) is 6.33 Å². The molecule has 1 aliphatic rings. The second-order valence-corrected chi connectivity index (χ2v) is 5.66. The Morgan fingerprint density at radius 3 is 2.86 bits per heavy atom. The summed E-state index contributed by atoms with van der Waals surface area (Å²) in [5.74, 6) is 1.92. The zero-order valence-electron chi connectivity index (χ0n) is 12.7. The predicted octanol–water partition coefficient (Wildman–Crippen LogP) is 3.25. The van der Waals surface area contributed by atoms with E-state index in [0.29, 0.717) is 6.04 Å². The average Bonchev–Trinajstić information content (AvgIpc) is 2.54. The first-order chi connectivity index (χ1) is 10.3. The smallest absolute Gasteiger partial charge is 0.134 e. The Morgan fingerprint density at radius 2 is 2.05 bits per heavy atom. The summed E-state index contributed by atoms with van der Waals surface area (Å²) < 4.78 is 0. The molecule has 4 heteroatoms. The maximum Gasteiger partial charge on any atom is 0.134 e. The molecule has 1 aliphatic heterocycles. The Labute approximate surface area is 126 Å². The van der Waals surface area contributed by atoms with Crippen molar-refractivity contribution >= 4 is 11.6 Å². The molecule has 4 nitrogen and oxygen atoms in total. The minimum absolute atomic E-state index is 0.426. The molecular weight excluding hydrogens is 260 g/mol. The molecule has 2 heterocycles. The van der Waals surface area contributed by atoms with E-state index in [1.807, 2.05) is 0 Å². The molecule has 21 heavy (non-hydrogen) atoms. The molecule has 0 spiro atoms. The Morgan fingerprint density at radius 1 is 1.24 bits per heavy atom. The van der Waals surface area contributed by atoms with Gasteiger partial charge in [-0.15, -0.1) is 0 Å². The van der Waals surface area contributed by atoms with Gasteiger partial charge in [-0.25, -0.2) is 9.97 Å². The van der Waals surface area contributed by atoms with Crippen molar-refractivity contribution in [3.05, 3.63) is 47.8 Å². The highest BCUT2D eigenvalue weighted by Crippen LogP contribution is 2.24. The number of hydrogen-bond acceptors (Lipinski definition) is 4. The lowest BCUT2D eigenvalue weighted by atomic mass is 10.00. The van der Waals surface area contributed by atoms with E-state index in [0.717, 1.165) is 37.6 Å². The number of nitrogens with zero attached hydrogens (tertiary/aromatic N) is 3. The van der Waals surface area contributed by atoms with Crippen LogP contribution in [-0.4, -0.2) is 22.6 Å². The quantitative estimate of drug-likeness (QED) is 0.934. The Bertz CT molecular complexity index is 611. The van der Waals surface area contributed by atoms with Gasteiger partial charge in [-0.05, 0) is 30.9 Å². The molecule has 0 aliphatic carbocycles. The normalized spacial score (nSPS) is 15.4. The lowest BCUT2D eigenvalue weighted by Gasteiger charge is -2.30. The van der Waals surface area contributed by atoms with Crippen molar-refractivity contribution < 1.29 is 0 Å². The van der Waals surface area contributed by atoms with Gasteiger partial charge in [0.15, 0.2) is 0 Å². The topological polar surface area (TPSA) is 41.0 Å². The second-order valence-electron chi connectivity index (χ2n) is 5.66. The number of anilines is 2. The Hall–Kier alpha value is -2.10. The van der Waals surface area contributed by atoms with Crippen molar-refractivity contribution in [3.8, 4) is 0 Å². The van der Waals surface area contributed by atoms with Crippen LogP contribution >= 0.6 is 0 Å².